The maximum Gasteiger partial charge on any atom is 0.239 e. The molecular weight excluding hydrogens is 192 g/mol. The van der Waals surface area contributed by atoms with Gasteiger partial charge in [0, 0.05) is 19.0 Å². The van der Waals surface area contributed by atoms with Gasteiger partial charge < -0.3 is 10.2 Å². The van der Waals surface area contributed by atoms with E-state index in [-0.39, 0.29) is 24.4 Å². The second-order valence-corrected chi connectivity index (χ2v) is 4.18. The van der Waals surface area contributed by atoms with Gasteiger partial charge >= 0.3 is 0 Å². The van der Waals surface area contributed by atoms with Crippen molar-refractivity contribution in [3.05, 3.63) is 0 Å². The molecule has 4 heteroatoms. The third-order valence-corrected chi connectivity index (χ3v) is 2.63. The van der Waals surface area contributed by atoms with Crippen molar-refractivity contribution in [1.82, 2.24) is 10.2 Å². The molecule has 15 heavy (non-hydrogen) atoms. The van der Waals surface area contributed by atoms with Crippen LogP contribution in [-0.4, -0.2) is 35.8 Å². The van der Waals surface area contributed by atoms with Crippen molar-refractivity contribution in [2.24, 2.45) is 0 Å². The summed E-state index contributed by atoms with van der Waals surface area (Å²) in [5, 5.41) is 2.90. The van der Waals surface area contributed by atoms with Gasteiger partial charge in [0.05, 0.1) is 6.54 Å². The van der Waals surface area contributed by atoms with E-state index >= 15 is 0 Å². The predicted molar refractivity (Wildman–Crippen MR) is 58.3 cm³/mol. The number of nitrogens with zero attached hydrogens (tertiary/aromatic N) is 1. The number of amides is 2. The van der Waals surface area contributed by atoms with Crippen LogP contribution >= 0.6 is 0 Å². The minimum Gasteiger partial charge on any atom is -0.352 e. The van der Waals surface area contributed by atoms with Gasteiger partial charge in [-0.3, -0.25) is 9.59 Å². The largest absolute Gasteiger partial charge is 0.352 e. The highest BCUT2D eigenvalue weighted by Crippen LogP contribution is 2.08. The van der Waals surface area contributed by atoms with Crippen LogP contribution in [0.1, 0.15) is 39.5 Å². The molecule has 0 unspecified atom stereocenters. The van der Waals surface area contributed by atoms with Gasteiger partial charge in [0.15, 0.2) is 0 Å². The van der Waals surface area contributed by atoms with E-state index in [0.29, 0.717) is 6.42 Å². The first-order valence-corrected chi connectivity index (χ1v) is 5.70. The van der Waals surface area contributed by atoms with Gasteiger partial charge in [-0.05, 0) is 19.8 Å². The highest BCUT2D eigenvalue weighted by molar-refractivity contribution is 5.85. The molecule has 0 bridgehead atoms. The molecule has 1 N–H and O–H groups in total. The van der Waals surface area contributed by atoms with Gasteiger partial charge in [-0.1, -0.05) is 13.3 Å². The third-order valence-electron chi connectivity index (χ3n) is 2.63. The average molecular weight is 212 g/mol. The van der Waals surface area contributed by atoms with Crippen molar-refractivity contribution >= 4 is 11.8 Å². The fourth-order valence-corrected chi connectivity index (χ4v) is 1.87. The zero-order chi connectivity index (χ0) is 11.3. The highest BCUT2D eigenvalue weighted by Gasteiger charge is 2.22. The summed E-state index contributed by atoms with van der Waals surface area (Å²) in [6.07, 6.45) is 3.53. The lowest BCUT2D eigenvalue weighted by Gasteiger charge is -2.17. The molecule has 1 aliphatic rings. The lowest BCUT2D eigenvalue weighted by Crippen LogP contribution is -2.41. The molecule has 1 atom stereocenters. The molecule has 0 saturated carbocycles. The standard InChI is InChI=1S/C11H20N2O2/c1-3-5-9(2)12-10(14)8-13-7-4-6-11(13)15/h9H,3-8H2,1-2H3,(H,12,14)/t9-/m0/s1. The Balaban J connectivity index is 2.26. The molecule has 0 spiro atoms. The van der Waals surface area contributed by atoms with Gasteiger partial charge in [-0.15, -0.1) is 0 Å². The van der Waals surface area contributed by atoms with E-state index in [9.17, 15) is 9.59 Å². The summed E-state index contributed by atoms with van der Waals surface area (Å²) in [6, 6.07) is 0.209. The molecule has 0 radical (unpaired) electrons. The molecule has 1 heterocycles. The Kier molecular flexibility index (Phi) is 4.59. The Labute approximate surface area is 91.0 Å². The molecule has 4 nitrogen and oxygen atoms in total. The first-order valence-electron chi connectivity index (χ1n) is 5.70. The van der Waals surface area contributed by atoms with Crippen LogP contribution in [0.4, 0.5) is 0 Å². The van der Waals surface area contributed by atoms with Crippen LogP contribution in [-0.2, 0) is 9.59 Å². The van der Waals surface area contributed by atoms with E-state index in [2.05, 4.69) is 12.2 Å². The van der Waals surface area contributed by atoms with Crippen molar-refractivity contribution in [2.45, 2.75) is 45.6 Å². The fraction of sp³-hybridized carbons (Fsp3) is 0.818. The maximum absolute atomic E-state index is 11.5. The Morgan fingerprint density at radius 3 is 2.87 bits per heavy atom. The Morgan fingerprint density at radius 1 is 1.60 bits per heavy atom. The second-order valence-electron chi connectivity index (χ2n) is 4.18. The smallest absolute Gasteiger partial charge is 0.239 e. The number of rotatable bonds is 5. The van der Waals surface area contributed by atoms with Crippen LogP contribution in [0.25, 0.3) is 0 Å². The van der Waals surface area contributed by atoms with Crippen LogP contribution in [0.5, 0.6) is 0 Å². The van der Waals surface area contributed by atoms with Gasteiger partial charge in [0.2, 0.25) is 11.8 Å². The quantitative estimate of drug-likeness (QED) is 0.736. The minimum absolute atomic E-state index is 0.0359. The maximum atomic E-state index is 11.5. The lowest BCUT2D eigenvalue weighted by molar-refractivity contribution is -0.133. The molecule has 86 valence electrons. The number of hydrogen-bond donors (Lipinski definition) is 1. The van der Waals surface area contributed by atoms with Gasteiger partial charge in [-0.25, -0.2) is 0 Å². The van der Waals surface area contributed by atoms with Gasteiger partial charge in [-0.2, -0.15) is 0 Å². The Morgan fingerprint density at radius 2 is 2.33 bits per heavy atom. The van der Waals surface area contributed by atoms with E-state index in [1.165, 1.54) is 0 Å². The lowest BCUT2D eigenvalue weighted by atomic mass is 10.2. The van der Waals surface area contributed by atoms with E-state index in [0.717, 1.165) is 25.8 Å². The Hall–Kier alpha value is -1.06. The van der Waals surface area contributed by atoms with E-state index < -0.39 is 0 Å². The van der Waals surface area contributed by atoms with Crippen LogP contribution in [0.2, 0.25) is 0 Å². The summed E-state index contributed by atoms with van der Waals surface area (Å²) in [4.78, 5) is 24.4. The summed E-state index contributed by atoms with van der Waals surface area (Å²) >= 11 is 0. The molecule has 0 aromatic heterocycles. The molecule has 0 aliphatic carbocycles. The van der Waals surface area contributed by atoms with Gasteiger partial charge in [0.1, 0.15) is 0 Å². The third kappa shape index (κ3) is 3.90. The first kappa shape index (κ1) is 12.0. The molecule has 1 saturated heterocycles. The highest BCUT2D eigenvalue weighted by atomic mass is 16.2. The van der Waals surface area contributed by atoms with E-state index in [1.807, 2.05) is 6.92 Å². The molecule has 1 aliphatic heterocycles. The minimum atomic E-state index is -0.0359. The van der Waals surface area contributed by atoms with E-state index in [4.69, 9.17) is 0 Å². The van der Waals surface area contributed by atoms with Crippen LogP contribution in [0, 0.1) is 0 Å². The number of nitrogens with one attached hydrogen (secondary N) is 1. The first-order chi connectivity index (χ1) is 7.13. The molecule has 0 aromatic rings. The molecular formula is C11H20N2O2. The number of likely N-dealkylation sites (tertiary alicyclic amines) is 1. The number of hydrogen-bond acceptors (Lipinski definition) is 2. The molecule has 0 aromatic carbocycles. The Bertz CT molecular complexity index is 241. The predicted octanol–water partition coefficient (Wildman–Crippen LogP) is 0.914. The van der Waals surface area contributed by atoms with Gasteiger partial charge in [0.25, 0.3) is 0 Å². The van der Waals surface area contributed by atoms with Crippen molar-refractivity contribution in [3.8, 4) is 0 Å². The molecule has 1 rings (SSSR count). The monoisotopic (exact) mass is 212 g/mol. The molecule has 1 fully saturated rings. The van der Waals surface area contributed by atoms with E-state index in [1.54, 1.807) is 4.90 Å². The van der Waals surface area contributed by atoms with Crippen molar-refractivity contribution in [2.75, 3.05) is 13.1 Å². The topological polar surface area (TPSA) is 49.4 Å². The summed E-state index contributed by atoms with van der Waals surface area (Å²) < 4.78 is 0. The van der Waals surface area contributed by atoms with Crippen LogP contribution in [0.15, 0.2) is 0 Å². The summed E-state index contributed by atoms with van der Waals surface area (Å²) in [7, 11) is 0. The number of carbonyl (C=O) groups is 2. The average Bonchev–Trinajstić information content (AvgIpc) is 2.52. The zero-order valence-electron chi connectivity index (χ0n) is 9.58. The zero-order valence-corrected chi connectivity index (χ0v) is 9.58. The normalized spacial score (nSPS) is 18.0. The second kappa shape index (κ2) is 5.73. The SMILES string of the molecule is CCC[C@H](C)NC(=O)CN1CCCC1=O. The summed E-state index contributed by atoms with van der Waals surface area (Å²) in [5.74, 6) is 0.0690. The summed E-state index contributed by atoms with van der Waals surface area (Å²) in [6.45, 7) is 5.04. The van der Waals surface area contributed by atoms with Crippen molar-refractivity contribution < 1.29 is 9.59 Å². The van der Waals surface area contributed by atoms with Crippen LogP contribution in [0.3, 0.4) is 0 Å². The van der Waals surface area contributed by atoms with Crippen molar-refractivity contribution in [3.63, 3.8) is 0 Å². The van der Waals surface area contributed by atoms with Crippen molar-refractivity contribution in [1.29, 1.82) is 0 Å². The summed E-state index contributed by atoms with van der Waals surface area (Å²) in [5.41, 5.74) is 0. The fourth-order valence-electron chi connectivity index (χ4n) is 1.87. The number of carbonyl (C=O) groups excluding carboxylic acids is 2. The van der Waals surface area contributed by atoms with Crippen LogP contribution < -0.4 is 5.32 Å². The molecule has 2 amide bonds.